The van der Waals surface area contributed by atoms with Crippen molar-refractivity contribution >= 4 is 10.9 Å². The molecule has 1 atom stereocenters. The Labute approximate surface area is 86.1 Å². The van der Waals surface area contributed by atoms with E-state index in [9.17, 15) is 8.78 Å². The van der Waals surface area contributed by atoms with Gasteiger partial charge in [-0.25, -0.2) is 8.78 Å². The monoisotopic (exact) mass is 210 g/mol. The molecule has 4 heteroatoms. The fourth-order valence-electron chi connectivity index (χ4n) is 1.69. The van der Waals surface area contributed by atoms with Gasteiger partial charge >= 0.3 is 0 Å². The zero-order valence-corrected chi connectivity index (χ0v) is 8.08. The molecule has 2 nitrogen and oxygen atoms in total. The molecular formula is C11H12F2N2. The van der Waals surface area contributed by atoms with Crippen LogP contribution in [-0.2, 0) is 0 Å². The lowest BCUT2D eigenvalue weighted by atomic mass is 9.98. The Kier molecular flexibility index (Phi) is 2.68. The predicted octanol–water partition coefficient (Wildman–Crippen LogP) is 2.48. The van der Waals surface area contributed by atoms with Gasteiger partial charge in [-0.2, -0.15) is 0 Å². The number of fused-ring (bicyclic) bond motifs is 1. The Morgan fingerprint density at radius 1 is 1.27 bits per heavy atom. The number of hydrogen-bond acceptors (Lipinski definition) is 1. The minimum absolute atomic E-state index is 0.0341. The normalized spacial score (nSPS) is 13.6. The van der Waals surface area contributed by atoms with Gasteiger partial charge in [0, 0.05) is 18.3 Å². The van der Waals surface area contributed by atoms with E-state index < -0.39 is 12.3 Å². The number of benzene rings is 1. The molecule has 1 aromatic heterocycles. The molecule has 15 heavy (non-hydrogen) atoms. The second-order valence-corrected chi connectivity index (χ2v) is 3.50. The lowest BCUT2D eigenvalue weighted by molar-refractivity contribution is 0.117. The maximum absolute atomic E-state index is 12.6. The van der Waals surface area contributed by atoms with Crippen molar-refractivity contribution in [3.8, 4) is 0 Å². The van der Waals surface area contributed by atoms with Gasteiger partial charge in [0.2, 0.25) is 6.43 Å². The molecule has 1 aromatic carbocycles. The fourth-order valence-corrected chi connectivity index (χ4v) is 1.69. The number of alkyl halides is 2. The largest absolute Gasteiger partial charge is 0.361 e. The lowest BCUT2D eigenvalue weighted by Gasteiger charge is -2.13. The van der Waals surface area contributed by atoms with E-state index in [-0.39, 0.29) is 6.54 Å². The van der Waals surface area contributed by atoms with E-state index in [4.69, 9.17) is 5.73 Å². The van der Waals surface area contributed by atoms with Crippen LogP contribution in [0.4, 0.5) is 8.78 Å². The highest BCUT2D eigenvalue weighted by molar-refractivity contribution is 5.80. The summed E-state index contributed by atoms with van der Waals surface area (Å²) >= 11 is 0. The number of aromatic nitrogens is 1. The molecule has 0 bridgehead atoms. The first kappa shape index (κ1) is 10.1. The predicted molar refractivity (Wildman–Crippen MR) is 56.1 cm³/mol. The third-order valence-electron chi connectivity index (χ3n) is 2.56. The molecule has 1 unspecified atom stereocenters. The second-order valence-electron chi connectivity index (χ2n) is 3.50. The minimum atomic E-state index is -2.41. The molecule has 3 N–H and O–H groups in total. The van der Waals surface area contributed by atoms with Crippen LogP contribution in [-0.4, -0.2) is 18.0 Å². The van der Waals surface area contributed by atoms with Crippen molar-refractivity contribution in [3.05, 3.63) is 36.0 Å². The molecular weight excluding hydrogens is 198 g/mol. The maximum atomic E-state index is 12.6. The van der Waals surface area contributed by atoms with Gasteiger partial charge in [0.25, 0.3) is 0 Å². The van der Waals surface area contributed by atoms with E-state index in [0.717, 1.165) is 10.9 Å². The van der Waals surface area contributed by atoms with Gasteiger partial charge in [-0.15, -0.1) is 0 Å². The molecule has 0 radical (unpaired) electrons. The molecule has 1 heterocycles. The number of hydrogen-bond donors (Lipinski definition) is 2. The quantitative estimate of drug-likeness (QED) is 0.802. The summed E-state index contributed by atoms with van der Waals surface area (Å²) in [6.07, 6.45) is -0.625. The summed E-state index contributed by atoms with van der Waals surface area (Å²) in [4.78, 5) is 3.01. The van der Waals surface area contributed by atoms with Crippen molar-refractivity contribution in [3.63, 3.8) is 0 Å². The average molecular weight is 210 g/mol. The van der Waals surface area contributed by atoms with Crippen LogP contribution in [0.3, 0.4) is 0 Å². The Balaban J connectivity index is 2.41. The highest BCUT2D eigenvalue weighted by Gasteiger charge is 2.20. The maximum Gasteiger partial charge on any atom is 0.246 e. The summed E-state index contributed by atoms with van der Waals surface area (Å²) in [6, 6.07) is 7.12. The van der Waals surface area contributed by atoms with Crippen LogP contribution in [0.1, 0.15) is 11.5 Å². The minimum Gasteiger partial charge on any atom is -0.361 e. The second kappa shape index (κ2) is 3.98. The van der Waals surface area contributed by atoms with Crippen molar-refractivity contribution in [1.82, 2.24) is 4.98 Å². The van der Waals surface area contributed by atoms with Crippen LogP contribution in [0.2, 0.25) is 0 Å². The SMILES string of the molecule is NCC(c1ccc2[nH]ccc2c1)C(F)F. The lowest BCUT2D eigenvalue weighted by Crippen LogP contribution is -2.19. The molecule has 0 saturated carbocycles. The van der Waals surface area contributed by atoms with Gasteiger partial charge in [-0.1, -0.05) is 6.07 Å². The van der Waals surface area contributed by atoms with Gasteiger partial charge in [0.15, 0.2) is 0 Å². The molecule has 0 spiro atoms. The van der Waals surface area contributed by atoms with Gasteiger partial charge < -0.3 is 10.7 Å². The Morgan fingerprint density at radius 3 is 2.73 bits per heavy atom. The topological polar surface area (TPSA) is 41.8 Å². The number of nitrogens with one attached hydrogen (secondary N) is 1. The number of halogens is 2. The summed E-state index contributed by atoms with van der Waals surface area (Å²) in [5.74, 6) is -0.871. The smallest absolute Gasteiger partial charge is 0.246 e. The molecule has 2 rings (SSSR count). The van der Waals surface area contributed by atoms with Crippen LogP contribution in [0.5, 0.6) is 0 Å². The Bertz CT molecular complexity index is 451. The van der Waals surface area contributed by atoms with Crippen molar-refractivity contribution in [2.24, 2.45) is 5.73 Å². The van der Waals surface area contributed by atoms with Crippen LogP contribution >= 0.6 is 0 Å². The summed E-state index contributed by atoms with van der Waals surface area (Å²) in [5, 5.41) is 0.937. The highest BCUT2D eigenvalue weighted by atomic mass is 19.3. The van der Waals surface area contributed by atoms with Crippen LogP contribution in [0, 0.1) is 0 Å². The molecule has 0 aliphatic rings. The number of rotatable bonds is 3. The highest BCUT2D eigenvalue weighted by Crippen LogP contribution is 2.25. The first-order chi connectivity index (χ1) is 7.22. The first-order valence-electron chi connectivity index (χ1n) is 4.77. The van der Waals surface area contributed by atoms with Gasteiger partial charge in [-0.3, -0.25) is 0 Å². The van der Waals surface area contributed by atoms with E-state index in [1.54, 1.807) is 24.4 Å². The third kappa shape index (κ3) is 1.85. The zero-order valence-electron chi connectivity index (χ0n) is 8.08. The molecule has 0 amide bonds. The Hall–Kier alpha value is -1.42. The van der Waals surface area contributed by atoms with E-state index in [1.807, 2.05) is 6.07 Å². The molecule has 0 aliphatic heterocycles. The Morgan fingerprint density at radius 2 is 2.07 bits per heavy atom. The first-order valence-corrected chi connectivity index (χ1v) is 4.77. The fraction of sp³-hybridized carbons (Fsp3) is 0.273. The summed E-state index contributed by atoms with van der Waals surface area (Å²) in [7, 11) is 0. The van der Waals surface area contributed by atoms with E-state index in [1.165, 1.54) is 0 Å². The van der Waals surface area contributed by atoms with E-state index in [0.29, 0.717) is 5.56 Å². The van der Waals surface area contributed by atoms with E-state index in [2.05, 4.69) is 4.98 Å². The summed E-state index contributed by atoms with van der Waals surface area (Å²) in [6.45, 7) is -0.0341. The zero-order chi connectivity index (χ0) is 10.8. The molecule has 80 valence electrons. The summed E-state index contributed by atoms with van der Waals surface area (Å²) in [5.41, 5.74) is 6.88. The molecule has 0 fully saturated rings. The van der Waals surface area contributed by atoms with E-state index >= 15 is 0 Å². The average Bonchev–Trinajstić information content (AvgIpc) is 2.65. The van der Waals surface area contributed by atoms with Crippen molar-refractivity contribution in [1.29, 1.82) is 0 Å². The molecule has 0 aliphatic carbocycles. The van der Waals surface area contributed by atoms with Crippen molar-refractivity contribution < 1.29 is 8.78 Å². The van der Waals surface area contributed by atoms with Crippen LogP contribution < -0.4 is 5.73 Å². The van der Waals surface area contributed by atoms with Crippen molar-refractivity contribution in [2.75, 3.05) is 6.54 Å². The summed E-state index contributed by atoms with van der Waals surface area (Å²) < 4.78 is 25.2. The molecule has 2 aromatic rings. The third-order valence-corrected chi connectivity index (χ3v) is 2.56. The van der Waals surface area contributed by atoms with Gasteiger partial charge in [0.1, 0.15) is 0 Å². The van der Waals surface area contributed by atoms with Crippen LogP contribution in [0.25, 0.3) is 10.9 Å². The van der Waals surface area contributed by atoms with Crippen LogP contribution in [0.15, 0.2) is 30.5 Å². The van der Waals surface area contributed by atoms with Gasteiger partial charge in [0.05, 0.1) is 5.92 Å². The number of aromatic amines is 1. The molecule has 0 saturated heterocycles. The number of H-pyrrole nitrogens is 1. The standard InChI is InChI=1S/C11H12F2N2/c12-11(13)9(6-14)7-1-2-10-8(5-7)3-4-15-10/h1-5,9,11,15H,6,14H2. The van der Waals surface area contributed by atoms with Gasteiger partial charge in [-0.05, 0) is 29.1 Å². The van der Waals surface area contributed by atoms with Crippen molar-refractivity contribution in [2.45, 2.75) is 12.3 Å². The number of nitrogens with two attached hydrogens (primary N) is 1.